The largest absolute Gasteiger partial charge is 0.506 e. The van der Waals surface area contributed by atoms with Gasteiger partial charge in [-0.1, -0.05) is 17.7 Å². The third-order valence-electron chi connectivity index (χ3n) is 2.51. The van der Waals surface area contributed by atoms with E-state index in [1.807, 2.05) is 6.07 Å². The summed E-state index contributed by atoms with van der Waals surface area (Å²) < 4.78 is 0. The quantitative estimate of drug-likeness (QED) is 0.688. The molecule has 2 nitrogen and oxygen atoms in total. The van der Waals surface area contributed by atoms with Gasteiger partial charge in [-0.05, 0) is 30.7 Å². The van der Waals surface area contributed by atoms with E-state index in [0.29, 0.717) is 5.02 Å². The minimum absolute atomic E-state index is 0.190. The number of benzene rings is 1. The Labute approximate surface area is 82.7 Å². The van der Waals surface area contributed by atoms with Gasteiger partial charge in [0.1, 0.15) is 5.75 Å². The summed E-state index contributed by atoms with van der Waals surface area (Å²) >= 11 is 6.00. The van der Waals surface area contributed by atoms with Gasteiger partial charge < -0.3 is 10.0 Å². The van der Waals surface area contributed by atoms with Crippen molar-refractivity contribution in [3.05, 3.63) is 28.3 Å². The van der Waals surface area contributed by atoms with Crippen LogP contribution in [-0.4, -0.2) is 23.6 Å². The number of phenolic OH excluding ortho intramolecular Hbond substituents is 1. The second kappa shape index (κ2) is 3.20. The topological polar surface area (TPSA) is 23.5 Å². The van der Waals surface area contributed by atoms with Crippen LogP contribution in [-0.2, 0) is 13.0 Å². The Bertz CT molecular complexity index is 338. The maximum Gasteiger partial charge on any atom is 0.134 e. The summed E-state index contributed by atoms with van der Waals surface area (Å²) in [5.74, 6) is 0.190. The molecule has 1 aliphatic rings. The molecular weight excluding hydrogens is 186 g/mol. The zero-order valence-corrected chi connectivity index (χ0v) is 8.30. The Morgan fingerprint density at radius 3 is 3.00 bits per heavy atom. The van der Waals surface area contributed by atoms with Crippen molar-refractivity contribution in [3.63, 3.8) is 0 Å². The first-order chi connectivity index (χ1) is 6.18. The number of phenols is 1. The molecule has 70 valence electrons. The van der Waals surface area contributed by atoms with E-state index in [1.54, 1.807) is 6.07 Å². The van der Waals surface area contributed by atoms with E-state index in [9.17, 15) is 5.11 Å². The molecule has 3 heteroatoms. The predicted octanol–water partition coefficient (Wildman–Crippen LogP) is 2.03. The normalized spacial score (nSPS) is 17.1. The number of likely N-dealkylation sites (N-methyl/N-ethyl adjacent to an activating group) is 1. The van der Waals surface area contributed by atoms with Gasteiger partial charge >= 0.3 is 0 Å². The molecule has 1 N–H and O–H groups in total. The Morgan fingerprint density at radius 1 is 1.46 bits per heavy atom. The predicted molar refractivity (Wildman–Crippen MR) is 53.2 cm³/mol. The molecule has 0 atom stereocenters. The van der Waals surface area contributed by atoms with E-state index >= 15 is 0 Å². The molecule has 2 rings (SSSR count). The summed E-state index contributed by atoms with van der Waals surface area (Å²) in [6.07, 6.45) is 1.02. The minimum atomic E-state index is 0.190. The zero-order chi connectivity index (χ0) is 9.42. The summed E-state index contributed by atoms with van der Waals surface area (Å²) in [6, 6.07) is 3.63. The number of aromatic hydroxyl groups is 1. The first-order valence-corrected chi connectivity index (χ1v) is 4.74. The van der Waals surface area contributed by atoms with Gasteiger partial charge in [-0.15, -0.1) is 0 Å². The number of hydrogen-bond donors (Lipinski definition) is 1. The van der Waals surface area contributed by atoms with Gasteiger partial charge in [-0.25, -0.2) is 0 Å². The number of nitrogens with zero attached hydrogens (tertiary/aromatic N) is 1. The highest BCUT2D eigenvalue weighted by Gasteiger charge is 2.17. The first kappa shape index (κ1) is 8.85. The third kappa shape index (κ3) is 1.52. The van der Waals surface area contributed by atoms with Crippen LogP contribution in [0.15, 0.2) is 12.1 Å². The fourth-order valence-corrected chi connectivity index (χ4v) is 1.96. The fourth-order valence-electron chi connectivity index (χ4n) is 1.71. The monoisotopic (exact) mass is 197 g/mol. The molecule has 0 unspecified atom stereocenters. The van der Waals surface area contributed by atoms with E-state index in [2.05, 4.69) is 11.9 Å². The van der Waals surface area contributed by atoms with Crippen molar-refractivity contribution < 1.29 is 5.11 Å². The molecule has 0 amide bonds. The lowest BCUT2D eigenvalue weighted by molar-refractivity contribution is 0.312. The van der Waals surface area contributed by atoms with Crippen LogP contribution in [0.25, 0.3) is 0 Å². The molecule has 0 saturated heterocycles. The second-order valence-corrected chi connectivity index (χ2v) is 3.90. The standard InChI is InChI=1S/C10H12ClNO/c1-12-5-4-7-2-3-9(13)10(11)8(7)6-12/h2-3,13H,4-6H2,1H3. The summed E-state index contributed by atoms with van der Waals surface area (Å²) in [5, 5.41) is 9.93. The van der Waals surface area contributed by atoms with Crippen molar-refractivity contribution in [2.24, 2.45) is 0 Å². The van der Waals surface area contributed by atoms with Gasteiger partial charge in [-0.2, -0.15) is 0 Å². The number of rotatable bonds is 0. The Morgan fingerprint density at radius 2 is 2.23 bits per heavy atom. The van der Waals surface area contributed by atoms with Crippen LogP contribution in [0.1, 0.15) is 11.1 Å². The molecule has 1 aromatic rings. The molecule has 0 fully saturated rings. The van der Waals surface area contributed by atoms with Crippen molar-refractivity contribution in [3.8, 4) is 5.75 Å². The molecule has 1 heterocycles. The summed E-state index contributed by atoms with van der Waals surface area (Å²) in [6.45, 7) is 1.90. The molecule has 1 aliphatic heterocycles. The van der Waals surface area contributed by atoms with Crippen molar-refractivity contribution in [1.29, 1.82) is 0 Å². The summed E-state index contributed by atoms with van der Waals surface area (Å²) in [7, 11) is 2.06. The van der Waals surface area contributed by atoms with Crippen LogP contribution >= 0.6 is 11.6 Å². The highest BCUT2D eigenvalue weighted by molar-refractivity contribution is 6.32. The lowest BCUT2D eigenvalue weighted by atomic mass is 10.00. The van der Waals surface area contributed by atoms with Crippen LogP contribution in [0.3, 0.4) is 0 Å². The van der Waals surface area contributed by atoms with E-state index < -0.39 is 0 Å². The van der Waals surface area contributed by atoms with Crippen LogP contribution in [0.5, 0.6) is 5.75 Å². The average molecular weight is 198 g/mol. The van der Waals surface area contributed by atoms with Gasteiger partial charge in [0.05, 0.1) is 5.02 Å². The maximum absolute atomic E-state index is 9.41. The SMILES string of the molecule is CN1CCc2ccc(O)c(Cl)c2C1. The maximum atomic E-state index is 9.41. The average Bonchev–Trinajstić information content (AvgIpc) is 2.12. The van der Waals surface area contributed by atoms with Crippen molar-refractivity contribution >= 4 is 11.6 Å². The zero-order valence-electron chi connectivity index (χ0n) is 7.55. The highest BCUT2D eigenvalue weighted by atomic mass is 35.5. The molecule has 13 heavy (non-hydrogen) atoms. The van der Waals surface area contributed by atoms with Gasteiger partial charge in [0, 0.05) is 13.1 Å². The lowest BCUT2D eigenvalue weighted by Crippen LogP contribution is -2.26. The van der Waals surface area contributed by atoms with Crippen molar-refractivity contribution in [2.75, 3.05) is 13.6 Å². The van der Waals surface area contributed by atoms with E-state index in [4.69, 9.17) is 11.6 Å². The number of halogens is 1. The van der Waals surface area contributed by atoms with Crippen LogP contribution < -0.4 is 0 Å². The fraction of sp³-hybridized carbons (Fsp3) is 0.400. The molecule has 0 spiro atoms. The van der Waals surface area contributed by atoms with Gasteiger partial charge in [0.15, 0.2) is 0 Å². The Balaban J connectivity index is 2.48. The molecule has 0 aliphatic carbocycles. The minimum Gasteiger partial charge on any atom is -0.506 e. The summed E-state index contributed by atoms with van der Waals surface area (Å²) in [5.41, 5.74) is 2.34. The van der Waals surface area contributed by atoms with Crippen molar-refractivity contribution in [2.45, 2.75) is 13.0 Å². The number of hydrogen-bond acceptors (Lipinski definition) is 2. The first-order valence-electron chi connectivity index (χ1n) is 4.36. The van der Waals surface area contributed by atoms with E-state index in [-0.39, 0.29) is 5.75 Å². The molecule has 1 aromatic carbocycles. The molecule has 0 saturated carbocycles. The van der Waals surface area contributed by atoms with Gasteiger partial charge in [0.25, 0.3) is 0 Å². The Kier molecular flexibility index (Phi) is 2.18. The van der Waals surface area contributed by atoms with Crippen molar-refractivity contribution in [1.82, 2.24) is 4.90 Å². The van der Waals surface area contributed by atoms with Gasteiger partial charge in [-0.3, -0.25) is 0 Å². The Hall–Kier alpha value is -0.730. The second-order valence-electron chi connectivity index (χ2n) is 3.52. The van der Waals surface area contributed by atoms with E-state index in [1.165, 1.54) is 5.56 Å². The third-order valence-corrected chi connectivity index (χ3v) is 2.93. The number of fused-ring (bicyclic) bond motifs is 1. The van der Waals surface area contributed by atoms with Gasteiger partial charge in [0.2, 0.25) is 0 Å². The van der Waals surface area contributed by atoms with E-state index in [0.717, 1.165) is 25.1 Å². The van der Waals surface area contributed by atoms with Crippen LogP contribution in [0, 0.1) is 0 Å². The summed E-state index contributed by atoms with van der Waals surface area (Å²) in [4.78, 5) is 2.20. The van der Waals surface area contributed by atoms with Crippen LogP contribution in [0.4, 0.5) is 0 Å². The molecule has 0 bridgehead atoms. The smallest absolute Gasteiger partial charge is 0.134 e. The highest BCUT2D eigenvalue weighted by Crippen LogP contribution is 2.32. The van der Waals surface area contributed by atoms with Crippen LogP contribution in [0.2, 0.25) is 5.02 Å². The molecule has 0 aromatic heterocycles. The molecular formula is C10H12ClNO. The molecule has 0 radical (unpaired) electrons. The lowest BCUT2D eigenvalue weighted by Gasteiger charge is -2.25.